The van der Waals surface area contributed by atoms with Crippen molar-refractivity contribution < 1.29 is 4.74 Å². The molecule has 1 N–H and O–H groups in total. The van der Waals surface area contributed by atoms with Gasteiger partial charge < -0.3 is 10.1 Å². The first-order valence-electron chi connectivity index (χ1n) is 9.22. The summed E-state index contributed by atoms with van der Waals surface area (Å²) in [6, 6.07) is 22.1. The molecule has 4 rings (SSSR count). The standard InChI is InChI=1S/C22H23N3O/c1-2-9-19(10-3-1)24-25-22-20-11-5-4-8-18(20)12-13-21(22)26-16-17-7-6-14-23-15-17/h1-5,8-13,17,23H,6-7,14-16H2. The molecule has 1 fully saturated rings. The minimum absolute atomic E-state index is 0.550. The van der Waals surface area contributed by atoms with Gasteiger partial charge in [0, 0.05) is 17.8 Å². The summed E-state index contributed by atoms with van der Waals surface area (Å²) in [7, 11) is 0. The molecule has 0 spiro atoms. The SMILES string of the molecule is c1ccc(N=Nc2c(OCC3CCCNC3)ccc3ccccc23)cc1. The number of nitrogens with one attached hydrogen (secondary N) is 1. The van der Waals surface area contributed by atoms with Crippen molar-refractivity contribution in [1.29, 1.82) is 0 Å². The van der Waals surface area contributed by atoms with Gasteiger partial charge in [-0.3, -0.25) is 0 Å². The van der Waals surface area contributed by atoms with Crippen LogP contribution < -0.4 is 10.1 Å². The largest absolute Gasteiger partial charge is 0.491 e. The summed E-state index contributed by atoms with van der Waals surface area (Å²) in [4.78, 5) is 0. The Bertz CT molecular complexity index is 886. The molecule has 1 saturated heterocycles. The molecule has 4 heteroatoms. The van der Waals surface area contributed by atoms with Crippen LogP contribution >= 0.6 is 0 Å². The first kappa shape index (κ1) is 16.7. The number of fused-ring (bicyclic) bond motifs is 1. The Morgan fingerprint density at radius 3 is 2.62 bits per heavy atom. The third-order valence-electron chi connectivity index (χ3n) is 4.76. The second-order valence-electron chi connectivity index (χ2n) is 6.69. The van der Waals surface area contributed by atoms with E-state index in [2.05, 4.69) is 33.7 Å². The van der Waals surface area contributed by atoms with Crippen molar-refractivity contribution in [2.24, 2.45) is 16.1 Å². The zero-order valence-electron chi connectivity index (χ0n) is 14.8. The third-order valence-corrected chi connectivity index (χ3v) is 4.76. The van der Waals surface area contributed by atoms with Crippen LogP contribution in [0, 0.1) is 5.92 Å². The van der Waals surface area contributed by atoms with Crippen molar-refractivity contribution in [2.75, 3.05) is 19.7 Å². The quantitative estimate of drug-likeness (QED) is 0.609. The number of rotatable bonds is 5. The Morgan fingerprint density at radius 2 is 1.77 bits per heavy atom. The van der Waals surface area contributed by atoms with E-state index in [1.54, 1.807) is 0 Å². The van der Waals surface area contributed by atoms with Crippen LogP contribution in [0.25, 0.3) is 10.8 Å². The molecule has 3 aromatic rings. The van der Waals surface area contributed by atoms with Crippen LogP contribution in [-0.4, -0.2) is 19.7 Å². The summed E-state index contributed by atoms with van der Waals surface area (Å²) in [6.07, 6.45) is 2.42. The van der Waals surface area contributed by atoms with Crippen LogP contribution in [-0.2, 0) is 0 Å². The Hall–Kier alpha value is -2.72. The molecule has 1 aliphatic rings. The maximum Gasteiger partial charge on any atom is 0.147 e. The first-order chi connectivity index (χ1) is 12.9. The number of ether oxygens (including phenoxy) is 1. The molecule has 3 aromatic carbocycles. The highest BCUT2D eigenvalue weighted by Gasteiger charge is 2.15. The zero-order valence-corrected chi connectivity index (χ0v) is 14.8. The van der Waals surface area contributed by atoms with Crippen molar-refractivity contribution in [3.05, 3.63) is 66.7 Å². The molecule has 1 atom stereocenters. The van der Waals surface area contributed by atoms with Gasteiger partial charge in [-0.1, -0.05) is 48.5 Å². The highest BCUT2D eigenvalue weighted by Crippen LogP contribution is 2.37. The monoisotopic (exact) mass is 345 g/mol. The van der Waals surface area contributed by atoms with Crippen LogP contribution in [0.2, 0.25) is 0 Å². The average Bonchev–Trinajstić information content (AvgIpc) is 2.72. The van der Waals surface area contributed by atoms with Gasteiger partial charge in [-0.05, 0) is 43.0 Å². The fourth-order valence-electron chi connectivity index (χ4n) is 3.33. The van der Waals surface area contributed by atoms with Gasteiger partial charge in [0.05, 0.1) is 12.3 Å². The summed E-state index contributed by atoms with van der Waals surface area (Å²) in [6.45, 7) is 2.84. The van der Waals surface area contributed by atoms with Crippen molar-refractivity contribution in [3.8, 4) is 5.75 Å². The Balaban J connectivity index is 1.64. The van der Waals surface area contributed by atoms with E-state index in [-0.39, 0.29) is 0 Å². The predicted octanol–water partition coefficient (Wildman–Crippen LogP) is 5.63. The van der Waals surface area contributed by atoms with E-state index in [9.17, 15) is 0 Å². The lowest BCUT2D eigenvalue weighted by Gasteiger charge is -2.23. The number of hydrogen-bond donors (Lipinski definition) is 1. The fraction of sp³-hybridized carbons (Fsp3) is 0.273. The van der Waals surface area contributed by atoms with Gasteiger partial charge in [0.15, 0.2) is 0 Å². The van der Waals surface area contributed by atoms with E-state index < -0.39 is 0 Å². The summed E-state index contributed by atoms with van der Waals surface area (Å²) in [5, 5.41) is 14.6. The highest BCUT2D eigenvalue weighted by molar-refractivity contribution is 5.95. The Morgan fingerprint density at radius 1 is 0.923 bits per heavy atom. The lowest BCUT2D eigenvalue weighted by molar-refractivity contribution is 0.219. The van der Waals surface area contributed by atoms with Gasteiger partial charge in [0.2, 0.25) is 0 Å². The van der Waals surface area contributed by atoms with E-state index in [1.165, 1.54) is 12.8 Å². The number of piperidine rings is 1. The van der Waals surface area contributed by atoms with Gasteiger partial charge in [-0.25, -0.2) is 0 Å². The molecule has 26 heavy (non-hydrogen) atoms. The Kier molecular flexibility index (Phi) is 5.22. The normalized spacial score (nSPS) is 17.6. The van der Waals surface area contributed by atoms with Gasteiger partial charge in [-0.15, -0.1) is 5.11 Å². The molecule has 132 valence electrons. The number of nitrogens with zero attached hydrogens (tertiary/aromatic N) is 2. The fourth-order valence-corrected chi connectivity index (χ4v) is 3.33. The summed E-state index contributed by atoms with van der Waals surface area (Å²) in [5.74, 6) is 1.35. The van der Waals surface area contributed by atoms with Gasteiger partial charge in [-0.2, -0.15) is 5.11 Å². The van der Waals surface area contributed by atoms with Crippen LogP contribution in [0.5, 0.6) is 5.75 Å². The molecule has 1 heterocycles. The van der Waals surface area contributed by atoms with Crippen LogP contribution in [0.3, 0.4) is 0 Å². The van der Waals surface area contributed by atoms with Crippen LogP contribution in [0.1, 0.15) is 12.8 Å². The van der Waals surface area contributed by atoms with E-state index in [0.717, 1.165) is 41.0 Å². The predicted molar refractivity (Wildman–Crippen MR) is 106 cm³/mol. The van der Waals surface area contributed by atoms with Crippen LogP contribution in [0.4, 0.5) is 11.4 Å². The van der Waals surface area contributed by atoms with Crippen molar-refractivity contribution in [2.45, 2.75) is 12.8 Å². The summed E-state index contributed by atoms with van der Waals surface area (Å²) in [5.41, 5.74) is 1.64. The number of benzene rings is 3. The molecule has 1 aliphatic heterocycles. The van der Waals surface area contributed by atoms with Crippen molar-refractivity contribution in [3.63, 3.8) is 0 Å². The molecular weight excluding hydrogens is 322 g/mol. The average molecular weight is 345 g/mol. The molecule has 0 aromatic heterocycles. The van der Waals surface area contributed by atoms with Gasteiger partial charge >= 0.3 is 0 Å². The second-order valence-corrected chi connectivity index (χ2v) is 6.69. The lowest BCUT2D eigenvalue weighted by atomic mass is 10.0. The van der Waals surface area contributed by atoms with E-state index >= 15 is 0 Å². The number of hydrogen-bond acceptors (Lipinski definition) is 4. The molecule has 0 radical (unpaired) electrons. The van der Waals surface area contributed by atoms with E-state index in [4.69, 9.17) is 4.74 Å². The van der Waals surface area contributed by atoms with Crippen LogP contribution in [0.15, 0.2) is 77.0 Å². The van der Waals surface area contributed by atoms with Crippen molar-refractivity contribution in [1.82, 2.24) is 5.32 Å². The van der Waals surface area contributed by atoms with E-state index in [0.29, 0.717) is 12.5 Å². The number of azo groups is 1. The minimum atomic E-state index is 0.550. The lowest BCUT2D eigenvalue weighted by Crippen LogP contribution is -2.33. The second kappa shape index (κ2) is 8.11. The molecule has 4 nitrogen and oxygen atoms in total. The maximum atomic E-state index is 6.18. The summed E-state index contributed by atoms with van der Waals surface area (Å²) >= 11 is 0. The smallest absolute Gasteiger partial charge is 0.147 e. The van der Waals surface area contributed by atoms with Crippen molar-refractivity contribution >= 4 is 22.1 Å². The minimum Gasteiger partial charge on any atom is -0.491 e. The third kappa shape index (κ3) is 3.92. The molecule has 0 bridgehead atoms. The highest BCUT2D eigenvalue weighted by atomic mass is 16.5. The molecule has 0 amide bonds. The zero-order chi connectivity index (χ0) is 17.6. The van der Waals surface area contributed by atoms with E-state index in [1.807, 2.05) is 48.5 Å². The molecule has 1 unspecified atom stereocenters. The first-order valence-corrected chi connectivity index (χ1v) is 9.22. The topological polar surface area (TPSA) is 46.0 Å². The molecular formula is C22H23N3O. The maximum absolute atomic E-state index is 6.18. The Labute approximate surface area is 153 Å². The molecule has 0 saturated carbocycles. The van der Waals surface area contributed by atoms with Gasteiger partial charge in [0.25, 0.3) is 0 Å². The molecule has 0 aliphatic carbocycles. The summed E-state index contributed by atoms with van der Waals surface area (Å²) < 4.78 is 6.18. The van der Waals surface area contributed by atoms with Gasteiger partial charge in [0.1, 0.15) is 11.4 Å².